The highest BCUT2D eigenvalue weighted by Gasteiger charge is 2.33. The number of fused-ring (bicyclic) bond motifs is 1. The van der Waals surface area contributed by atoms with Crippen molar-refractivity contribution < 1.29 is 19.4 Å². The Morgan fingerprint density at radius 1 is 1.00 bits per heavy atom. The first kappa shape index (κ1) is 32.0. The molecule has 1 saturated heterocycles. The van der Waals surface area contributed by atoms with Crippen LogP contribution in [0.1, 0.15) is 51.9 Å². The molecule has 3 atom stereocenters. The van der Waals surface area contributed by atoms with Crippen LogP contribution in [0.4, 0.5) is 5.69 Å². The van der Waals surface area contributed by atoms with Gasteiger partial charge in [-0.15, -0.1) is 0 Å². The summed E-state index contributed by atoms with van der Waals surface area (Å²) in [6.45, 7) is 3.44. The molecule has 4 aromatic carbocycles. The van der Waals surface area contributed by atoms with Crippen LogP contribution in [-0.2, 0) is 24.2 Å². The second kappa shape index (κ2) is 14.7. The number of aliphatic hydroxyl groups is 1. The number of aryl methyl sites for hydroxylation is 1. The fourth-order valence-electron chi connectivity index (χ4n) is 6.49. The first-order valence-corrected chi connectivity index (χ1v) is 16.3. The Bertz CT molecular complexity index is 1820. The Morgan fingerprint density at radius 3 is 2.49 bits per heavy atom. The molecule has 1 aliphatic heterocycles. The molecule has 47 heavy (non-hydrogen) atoms. The number of aromatic nitrogens is 1. The fourth-order valence-corrected chi connectivity index (χ4v) is 6.49. The minimum atomic E-state index is -0.863. The van der Waals surface area contributed by atoms with Crippen molar-refractivity contribution in [3.8, 4) is 5.75 Å². The summed E-state index contributed by atoms with van der Waals surface area (Å²) >= 11 is 0. The summed E-state index contributed by atoms with van der Waals surface area (Å²) in [5.74, 6) is 0.585. The van der Waals surface area contributed by atoms with Crippen molar-refractivity contribution >= 4 is 28.4 Å². The number of benzene rings is 4. The van der Waals surface area contributed by atoms with Gasteiger partial charge < -0.3 is 30.4 Å². The van der Waals surface area contributed by atoms with Crippen molar-refractivity contribution in [1.82, 2.24) is 15.6 Å². The fraction of sp³-hybridized carbons (Fsp3) is 0.282. The number of hydrogen-bond acceptors (Lipinski definition) is 5. The molecule has 0 spiro atoms. The predicted octanol–water partition coefficient (Wildman–Crippen LogP) is 5.75. The SMILES string of the molecule is CCc1c[nH]c2c(N3CC(c4ccccc4)CC3=O)cc(C(=O)N[C@@H](Cc3ccccc3)[C@H](O)CNCc3cccc(OC)c3)cc12. The Hall–Kier alpha value is -4.92. The number of nitrogens with one attached hydrogen (secondary N) is 3. The smallest absolute Gasteiger partial charge is 0.251 e. The number of H-pyrrole nitrogens is 1. The van der Waals surface area contributed by atoms with Gasteiger partial charge in [0.2, 0.25) is 5.91 Å². The highest BCUT2D eigenvalue weighted by atomic mass is 16.5. The summed E-state index contributed by atoms with van der Waals surface area (Å²) < 4.78 is 5.33. The third kappa shape index (κ3) is 7.40. The molecule has 8 nitrogen and oxygen atoms in total. The lowest BCUT2D eigenvalue weighted by molar-refractivity contribution is -0.117. The number of hydrogen-bond donors (Lipinski definition) is 4. The van der Waals surface area contributed by atoms with E-state index in [1.807, 2.05) is 96.0 Å². The lowest BCUT2D eigenvalue weighted by Gasteiger charge is -2.25. The Balaban J connectivity index is 1.25. The summed E-state index contributed by atoms with van der Waals surface area (Å²) in [6.07, 6.45) is 2.74. The van der Waals surface area contributed by atoms with Crippen LogP contribution in [0.15, 0.2) is 103 Å². The molecule has 8 heteroatoms. The van der Waals surface area contributed by atoms with Gasteiger partial charge in [-0.05, 0) is 59.4 Å². The molecule has 0 bridgehead atoms. The molecule has 2 amide bonds. The maximum atomic E-state index is 14.0. The minimum Gasteiger partial charge on any atom is -0.497 e. The van der Waals surface area contributed by atoms with Gasteiger partial charge in [-0.2, -0.15) is 0 Å². The van der Waals surface area contributed by atoms with Crippen LogP contribution < -0.4 is 20.3 Å². The number of anilines is 1. The largest absolute Gasteiger partial charge is 0.497 e. The van der Waals surface area contributed by atoms with Crippen molar-refractivity contribution in [3.05, 3.63) is 131 Å². The molecule has 1 aliphatic rings. The van der Waals surface area contributed by atoms with Gasteiger partial charge in [-0.3, -0.25) is 9.59 Å². The van der Waals surface area contributed by atoms with E-state index in [-0.39, 0.29) is 24.3 Å². The molecule has 242 valence electrons. The molecule has 0 aliphatic carbocycles. The topological polar surface area (TPSA) is 107 Å². The molecular formula is C39H42N4O4. The van der Waals surface area contributed by atoms with Crippen molar-refractivity contribution in [2.45, 2.75) is 50.8 Å². The van der Waals surface area contributed by atoms with E-state index in [1.54, 1.807) is 7.11 Å². The van der Waals surface area contributed by atoms with Crippen molar-refractivity contribution in [3.63, 3.8) is 0 Å². The first-order valence-electron chi connectivity index (χ1n) is 16.3. The Kier molecular flexibility index (Phi) is 10.00. The second-order valence-electron chi connectivity index (χ2n) is 12.2. The first-order chi connectivity index (χ1) is 22.9. The normalized spacial score (nSPS) is 15.9. The molecule has 0 saturated carbocycles. The summed E-state index contributed by atoms with van der Waals surface area (Å²) in [4.78, 5) is 32.7. The van der Waals surface area contributed by atoms with E-state index >= 15 is 0 Å². The maximum Gasteiger partial charge on any atom is 0.251 e. The third-order valence-electron chi connectivity index (χ3n) is 9.08. The van der Waals surface area contributed by atoms with Gasteiger partial charge in [0.15, 0.2) is 0 Å². The van der Waals surface area contributed by atoms with Gasteiger partial charge in [0.25, 0.3) is 5.91 Å². The number of aliphatic hydroxyl groups excluding tert-OH is 1. The van der Waals surface area contributed by atoms with Crippen LogP contribution in [0.25, 0.3) is 10.9 Å². The van der Waals surface area contributed by atoms with Gasteiger partial charge in [0, 0.05) is 49.1 Å². The highest BCUT2D eigenvalue weighted by Crippen LogP contribution is 2.37. The zero-order valence-corrected chi connectivity index (χ0v) is 26.9. The number of amides is 2. The van der Waals surface area contributed by atoms with Crippen LogP contribution in [0.5, 0.6) is 5.75 Å². The molecule has 6 rings (SSSR count). The monoisotopic (exact) mass is 630 g/mol. The third-order valence-corrected chi connectivity index (χ3v) is 9.08. The quantitative estimate of drug-likeness (QED) is 0.133. The van der Waals surface area contributed by atoms with E-state index in [2.05, 4.69) is 34.7 Å². The number of ether oxygens (including phenoxy) is 1. The molecule has 1 unspecified atom stereocenters. The van der Waals surface area contributed by atoms with E-state index in [9.17, 15) is 14.7 Å². The number of aromatic amines is 1. The number of carbonyl (C=O) groups excluding carboxylic acids is 2. The van der Waals surface area contributed by atoms with E-state index in [1.165, 1.54) is 0 Å². The second-order valence-corrected chi connectivity index (χ2v) is 12.2. The van der Waals surface area contributed by atoms with Crippen LogP contribution in [0.3, 0.4) is 0 Å². The summed E-state index contributed by atoms with van der Waals surface area (Å²) in [6, 6.07) is 30.9. The average Bonchev–Trinajstić information content (AvgIpc) is 3.71. The highest BCUT2D eigenvalue weighted by molar-refractivity contribution is 6.09. The summed E-state index contributed by atoms with van der Waals surface area (Å²) in [5.41, 5.74) is 6.25. The Labute approximate surface area is 275 Å². The molecule has 4 N–H and O–H groups in total. The lowest BCUT2D eigenvalue weighted by atomic mass is 9.98. The van der Waals surface area contributed by atoms with Gasteiger partial charge in [0.05, 0.1) is 30.5 Å². The lowest BCUT2D eigenvalue weighted by Crippen LogP contribution is -2.48. The number of methoxy groups -OCH3 is 1. The zero-order valence-electron chi connectivity index (χ0n) is 26.9. The predicted molar refractivity (Wildman–Crippen MR) is 186 cm³/mol. The van der Waals surface area contributed by atoms with Crippen LogP contribution in [0.2, 0.25) is 0 Å². The Morgan fingerprint density at radius 2 is 1.74 bits per heavy atom. The van der Waals surface area contributed by atoms with Crippen LogP contribution in [-0.4, -0.2) is 54.2 Å². The number of nitrogens with zero attached hydrogens (tertiary/aromatic N) is 1. The van der Waals surface area contributed by atoms with E-state index < -0.39 is 12.1 Å². The number of rotatable bonds is 13. The standard InChI is InChI=1S/C39H42N4O4/c1-3-28-23-41-38-33(28)19-30(20-35(38)43-25-31(21-37(43)45)29-14-8-5-9-15-29)39(46)42-34(18-26-11-6-4-7-12-26)36(44)24-40-22-27-13-10-16-32(17-27)47-2/h4-17,19-20,23,31,34,36,40-41,44H,3,18,21-22,24-25H2,1-2H3,(H,42,46)/t31?,34-,36+/m0/s1. The van der Waals surface area contributed by atoms with Crippen LogP contribution >= 0.6 is 0 Å². The number of carbonyl (C=O) groups is 2. The molecule has 0 radical (unpaired) electrons. The maximum absolute atomic E-state index is 14.0. The van der Waals surface area contributed by atoms with E-state index in [0.717, 1.165) is 45.3 Å². The van der Waals surface area contributed by atoms with Crippen molar-refractivity contribution in [2.75, 3.05) is 25.1 Å². The molecular weight excluding hydrogens is 588 g/mol. The zero-order chi connectivity index (χ0) is 32.8. The minimum absolute atomic E-state index is 0.0323. The summed E-state index contributed by atoms with van der Waals surface area (Å²) in [5, 5.41) is 18.8. The van der Waals surface area contributed by atoms with Crippen molar-refractivity contribution in [2.24, 2.45) is 0 Å². The molecule has 2 heterocycles. The van der Waals surface area contributed by atoms with Gasteiger partial charge in [-0.25, -0.2) is 0 Å². The van der Waals surface area contributed by atoms with Crippen LogP contribution in [0, 0.1) is 0 Å². The van der Waals surface area contributed by atoms with Gasteiger partial charge in [-0.1, -0.05) is 79.7 Å². The van der Waals surface area contributed by atoms with Crippen molar-refractivity contribution in [1.29, 1.82) is 0 Å². The molecule has 1 aromatic heterocycles. The molecule has 5 aromatic rings. The average molecular weight is 631 g/mol. The van der Waals surface area contributed by atoms with Gasteiger partial charge in [0.1, 0.15) is 5.75 Å². The van der Waals surface area contributed by atoms with E-state index in [4.69, 9.17) is 4.74 Å². The molecule has 1 fully saturated rings. The van der Waals surface area contributed by atoms with E-state index in [0.29, 0.717) is 37.2 Å². The summed E-state index contributed by atoms with van der Waals surface area (Å²) in [7, 11) is 1.64. The van der Waals surface area contributed by atoms with Gasteiger partial charge >= 0.3 is 0 Å².